The molecule has 148 valence electrons. The number of aryl methyl sites for hydroxylation is 1. The molecule has 1 aliphatic rings. The molecule has 4 rings (SSSR count). The first kappa shape index (κ1) is 18.9. The number of rotatable bonds is 6. The summed E-state index contributed by atoms with van der Waals surface area (Å²) < 4.78 is 1.91. The normalized spacial score (nSPS) is 14.8. The Morgan fingerprint density at radius 3 is 2.69 bits per heavy atom. The predicted octanol–water partition coefficient (Wildman–Crippen LogP) is 3.06. The van der Waals surface area contributed by atoms with Gasteiger partial charge in [0.15, 0.2) is 0 Å². The van der Waals surface area contributed by atoms with E-state index in [9.17, 15) is 9.59 Å². The Balaban J connectivity index is 1.56. The van der Waals surface area contributed by atoms with Crippen LogP contribution in [0.1, 0.15) is 46.2 Å². The number of imidazole rings is 1. The summed E-state index contributed by atoms with van der Waals surface area (Å²) in [7, 11) is 1.91. The number of amides is 2. The van der Waals surface area contributed by atoms with Crippen molar-refractivity contribution in [1.29, 1.82) is 0 Å². The average molecular weight is 388 g/mol. The molecule has 2 heterocycles. The Morgan fingerprint density at radius 1 is 1.17 bits per heavy atom. The fourth-order valence-electron chi connectivity index (χ4n) is 3.71. The van der Waals surface area contributed by atoms with E-state index in [1.54, 1.807) is 12.3 Å². The summed E-state index contributed by atoms with van der Waals surface area (Å²) in [6.07, 6.45) is 5.11. The molecule has 1 N–H and O–H groups in total. The molecule has 0 aliphatic carbocycles. The Hall–Kier alpha value is -3.41. The Kier molecular flexibility index (Phi) is 5.42. The molecule has 1 saturated heterocycles. The minimum Gasteiger partial charge on any atom is -0.338 e. The Morgan fingerprint density at radius 2 is 2.00 bits per heavy atom. The van der Waals surface area contributed by atoms with Crippen LogP contribution < -0.4 is 5.32 Å². The smallest absolute Gasteiger partial charge is 0.252 e. The van der Waals surface area contributed by atoms with E-state index in [4.69, 9.17) is 0 Å². The fraction of sp³-hybridized carbons (Fsp3) is 0.261. The van der Waals surface area contributed by atoms with Crippen molar-refractivity contribution in [3.8, 4) is 0 Å². The number of likely N-dealkylation sites (tertiary alicyclic amines) is 1. The first-order chi connectivity index (χ1) is 14.1. The lowest BCUT2D eigenvalue weighted by molar-refractivity contribution is -0.128. The quantitative estimate of drug-likeness (QED) is 0.706. The third-order valence-electron chi connectivity index (χ3n) is 5.26. The zero-order valence-corrected chi connectivity index (χ0v) is 16.4. The van der Waals surface area contributed by atoms with E-state index in [1.807, 2.05) is 71.2 Å². The predicted molar refractivity (Wildman–Crippen MR) is 110 cm³/mol. The van der Waals surface area contributed by atoms with Gasteiger partial charge in [0.2, 0.25) is 5.91 Å². The molecule has 29 heavy (non-hydrogen) atoms. The van der Waals surface area contributed by atoms with Gasteiger partial charge in [-0.2, -0.15) is 0 Å². The van der Waals surface area contributed by atoms with Crippen molar-refractivity contribution in [2.45, 2.75) is 25.4 Å². The second kappa shape index (κ2) is 8.31. The third-order valence-corrected chi connectivity index (χ3v) is 5.26. The molecule has 6 heteroatoms. The first-order valence-electron chi connectivity index (χ1n) is 9.81. The zero-order chi connectivity index (χ0) is 20.2. The number of hydrogen-bond acceptors (Lipinski definition) is 3. The highest BCUT2D eigenvalue weighted by molar-refractivity contribution is 5.94. The average Bonchev–Trinajstić information content (AvgIpc) is 3.35. The maximum absolute atomic E-state index is 13.1. The SMILES string of the molecule is Cn1ccnc1C(NC(=O)c1cccc(CN2CCCC2=O)c1)c1ccccc1. The van der Waals surface area contributed by atoms with Gasteiger partial charge in [0.1, 0.15) is 11.9 Å². The van der Waals surface area contributed by atoms with Crippen LogP contribution in [-0.4, -0.2) is 32.8 Å². The first-order valence-corrected chi connectivity index (χ1v) is 9.81. The van der Waals surface area contributed by atoms with Crippen molar-refractivity contribution in [2.24, 2.45) is 7.05 Å². The summed E-state index contributed by atoms with van der Waals surface area (Å²) in [5.74, 6) is 0.776. The van der Waals surface area contributed by atoms with E-state index in [-0.39, 0.29) is 17.9 Å². The molecule has 1 fully saturated rings. The number of hydrogen-bond donors (Lipinski definition) is 1. The number of carbonyl (C=O) groups is 2. The molecule has 2 amide bonds. The van der Waals surface area contributed by atoms with Crippen LogP contribution in [0.2, 0.25) is 0 Å². The second-order valence-electron chi connectivity index (χ2n) is 7.33. The number of nitrogens with zero attached hydrogens (tertiary/aromatic N) is 3. The van der Waals surface area contributed by atoms with Gasteiger partial charge in [0.05, 0.1) is 0 Å². The maximum Gasteiger partial charge on any atom is 0.252 e. The van der Waals surface area contributed by atoms with Crippen LogP contribution in [0.4, 0.5) is 0 Å². The van der Waals surface area contributed by atoms with Crippen molar-refractivity contribution in [1.82, 2.24) is 19.8 Å². The molecule has 1 aromatic heterocycles. The van der Waals surface area contributed by atoms with Crippen LogP contribution in [0.25, 0.3) is 0 Å². The van der Waals surface area contributed by atoms with Gasteiger partial charge in [-0.15, -0.1) is 0 Å². The largest absolute Gasteiger partial charge is 0.338 e. The van der Waals surface area contributed by atoms with Crippen LogP contribution >= 0.6 is 0 Å². The number of aromatic nitrogens is 2. The number of benzene rings is 2. The van der Waals surface area contributed by atoms with E-state index in [0.717, 1.165) is 29.9 Å². The molecule has 0 radical (unpaired) electrons. The molecule has 6 nitrogen and oxygen atoms in total. The number of carbonyl (C=O) groups excluding carboxylic acids is 2. The molecular weight excluding hydrogens is 364 g/mol. The van der Waals surface area contributed by atoms with Crippen molar-refractivity contribution >= 4 is 11.8 Å². The summed E-state index contributed by atoms with van der Waals surface area (Å²) in [6.45, 7) is 1.33. The van der Waals surface area contributed by atoms with Gasteiger partial charge < -0.3 is 14.8 Å². The number of nitrogens with one attached hydrogen (secondary N) is 1. The van der Waals surface area contributed by atoms with Gasteiger partial charge in [0, 0.05) is 44.5 Å². The van der Waals surface area contributed by atoms with Crippen molar-refractivity contribution in [3.05, 3.63) is 89.5 Å². The lowest BCUT2D eigenvalue weighted by Crippen LogP contribution is -2.31. The highest BCUT2D eigenvalue weighted by Crippen LogP contribution is 2.21. The fourth-order valence-corrected chi connectivity index (χ4v) is 3.71. The Labute approximate surface area is 170 Å². The van der Waals surface area contributed by atoms with E-state index >= 15 is 0 Å². The minimum absolute atomic E-state index is 0.170. The molecular formula is C23H24N4O2. The highest BCUT2D eigenvalue weighted by Gasteiger charge is 2.23. The van der Waals surface area contributed by atoms with Crippen molar-refractivity contribution in [3.63, 3.8) is 0 Å². The van der Waals surface area contributed by atoms with Crippen LogP contribution in [-0.2, 0) is 18.4 Å². The van der Waals surface area contributed by atoms with Crippen LogP contribution in [0, 0.1) is 0 Å². The molecule has 0 spiro atoms. The van der Waals surface area contributed by atoms with Crippen LogP contribution in [0.15, 0.2) is 67.0 Å². The summed E-state index contributed by atoms with van der Waals surface area (Å²) in [6, 6.07) is 16.9. The lowest BCUT2D eigenvalue weighted by Gasteiger charge is -2.20. The monoisotopic (exact) mass is 388 g/mol. The minimum atomic E-state index is -0.354. The second-order valence-corrected chi connectivity index (χ2v) is 7.33. The highest BCUT2D eigenvalue weighted by atomic mass is 16.2. The molecule has 1 unspecified atom stereocenters. The standard InChI is InChI=1S/C23H24N4O2/c1-26-14-12-24-22(26)21(18-8-3-2-4-9-18)25-23(29)19-10-5-7-17(15-19)16-27-13-6-11-20(27)28/h2-5,7-10,12,14-15,21H,6,11,13,16H2,1H3,(H,25,29). The van der Waals surface area contributed by atoms with Gasteiger partial charge >= 0.3 is 0 Å². The van der Waals surface area contributed by atoms with Crippen molar-refractivity contribution < 1.29 is 9.59 Å². The Bertz CT molecular complexity index is 1010. The van der Waals surface area contributed by atoms with E-state index in [0.29, 0.717) is 18.5 Å². The van der Waals surface area contributed by atoms with Gasteiger partial charge in [-0.05, 0) is 29.7 Å². The van der Waals surface area contributed by atoms with Crippen LogP contribution in [0.5, 0.6) is 0 Å². The zero-order valence-electron chi connectivity index (χ0n) is 16.4. The summed E-state index contributed by atoms with van der Waals surface area (Å²) in [4.78, 5) is 31.2. The van der Waals surface area contributed by atoms with Crippen LogP contribution in [0.3, 0.4) is 0 Å². The molecule has 1 aliphatic heterocycles. The molecule has 1 atom stereocenters. The molecule has 0 bridgehead atoms. The summed E-state index contributed by atoms with van der Waals surface area (Å²) >= 11 is 0. The van der Waals surface area contributed by atoms with E-state index < -0.39 is 0 Å². The van der Waals surface area contributed by atoms with E-state index in [2.05, 4.69) is 10.3 Å². The topological polar surface area (TPSA) is 67.2 Å². The van der Waals surface area contributed by atoms with Gasteiger partial charge in [0.25, 0.3) is 5.91 Å². The van der Waals surface area contributed by atoms with Crippen molar-refractivity contribution in [2.75, 3.05) is 6.54 Å². The third kappa shape index (κ3) is 4.21. The summed E-state index contributed by atoms with van der Waals surface area (Å²) in [5.41, 5.74) is 2.50. The van der Waals surface area contributed by atoms with Gasteiger partial charge in [-0.1, -0.05) is 42.5 Å². The van der Waals surface area contributed by atoms with Gasteiger partial charge in [-0.25, -0.2) is 4.98 Å². The molecule has 3 aromatic rings. The maximum atomic E-state index is 13.1. The molecule has 0 saturated carbocycles. The van der Waals surface area contributed by atoms with E-state index in [1.165, 1.54) is 0 Å². The molecule has 2 aromatic carbocycles. The van der Waals surface area contributed by atoms with Gasteiger partial charge in [-0.3, -0.25) is 9.59 Å². The lowest BCUT2D eigenvalue weighted by atomic mass is 10.0. The summed E-state index contributed by atoms with van der Waals surface area (Å²) in [5, 5.41) is 3.12.